The number of fused-ring (bicyclic) bond motifs is 1. The number of amides is 2. The largest absolute Gasteiger partial charge is 0.352 e. The number of carbonyl (C=O) groups excluding carboxylic acids is 3. The van der Waals surface area contributed by atoms with Crippen molar-refractivity contribution in [2.24, 2.45) is 0 Å². The van der Waals surface area contributed by atoms with Crippen molar-refractivity contribution in [1.82, 2.24) is 10.6 Å². The van der Waals surface area contributed by atoms with Crippen LogP contribution in [0.4, 0.5) is 11.4 Å². The lowest BCUT2D eigenvalue weighted by atomic mass is 10.1. The average molecular weight is 413 g/mol. The first-order chi connectivity index (χ1) is 14.1. The van der Waals surface area contributed by atoms with Gasteiger partial charge in [0.25, 0.3) is 0 Å². The van der Waals surface area contributed by atoms with Gasteiger partial charge in [-0.3, -0.25) is 18.2 Å². The van der Waals surface area contributed by atoms with Crippen molar-refractivity contribution in [3.05, 3.63) is 60.2 Å². The third kappa shape index (κ3) is 5.74. The molecule has 1 aliphatic rings. The minimum Gasteiger partial charge on any atom is -0.352 e. The van der Waals surface area contributed by atoms with Gasteiger partial charge in [-0.05, 0) is 31.0 Å². The van der Waals surface area contributed by atoms with Crippen LogP contribution in [0.25, 0.3) is 0 Å². The highest BCUT2D eigenvalue weighted by Crippen LogP contribution is 2.43. The second-order valence-electron chi connectivity index (χ2n) is 6.77. The molecule has 1 heterocycles. The van der Waals surface area contributed by atoms with Crippen LogP contribution >= 0.6 is 12.1 Å². The molecule has 7 nitrogen and oxygen atoms in total. The number of nitrogens with one attached hydrogen (secondary N) is 2. The first-order valence-electron chi connectivity index (χ1n) is 9.42. The maximum absolute atomic E-state index is 12.6. The number of hydrogen-bond acceptors (Lipinski definition) is 6. The summed E-state index contributed by atoms with van der Waals surface area (Å²) in [5.74, 6) is -0.329. The molecule has 2 aromatic rings. The predicted molar refractivity (Wildman–Crippen MR) is 116 cm³/mol. The molecule has 0 bridgehead atoms. The van der Waals surface area contributed by atoms with E-state index in [0.717, 1.165) is 17.8 Å². The first kappa shape index (κ1) is 20.7. The lowest BCUT2D eigenvalue weighted by Crippen LogP contribution is -2.40. The maximum atomic E-state index is 12.6. The number of nitrogens with zero attached hydrogens (tertiary/aromatic N) is 2. The second kappa shape index (κ2) is 9.97. The van der Waals surface area contributed by atoms with E-state index in [1.807, 2.05) is 70.1 Å². The molecule has 0 fully saturated rings. The summed E-state index contributed by atoms with van der Waals surface area (Å²) in [4.78, 5) is 35.0. The van der Waals surface area contributed by atoms with Gasteiger partial charge < -0.3 is 15.4 Å². The topological polar surface area (TPSA) is 81.8 Å². The number of rotatable bonds is 9. The number of benzene rings is 2. The van der Waals surface area contributed by atoms with Gasteiger partial charge >= 0.3 is 0 Å². The molecule has 0 spiro atoms. The first-order valence-corrected chi connectivity index (χ1v) is 10.2. The van der Waals surface area contributed by atoms with Crippen LogP contribution in [0.3, 0.4) is 0 Å². The average Bonchev–Trinajstić information content (AvgIpc) is 3.04. The fourth-order valence-electron chi connectivity index (χ4n) is 3.13. The van der Waals surface area contributed by atoms with E-state index in [2.05, 4.69) is 10.6 Å². The minimum absolute atomic E-state index is 0.00951. The minimum atomic E-state index is -0.248. The molecule has 2 amide bonds. The number of hydrogen-bond donors (Lipinski definition) is 2. The van der Waals surface area contributed by atoms with Crippen LogP contribution in [0.2, 0.25) is 0 Å². The predicted octanol–water partition coefficient (Wildman–Crippen LogP) is 1.94. The summed E-state index contributed by atoms with van der Waals surface area (Å²) in [7, 11) is 0. The quantitative estimate of drug-likeness (QED) is 0.484. The van der Waals surface area contributed by atoms with Crippen molar-refractivity contribution in [1.29, 1.82) is 0 Å². The highest BCUT2D eigenvalue weighted by molar-refractivity contribution is 8.02. The number of aldehydes is 1. The summed E-state index contributed by atoms with van der Waals surface area (Å²) in [6, 6.07) is 17.7. The monoisotopic (exact) mass is 412 g/mol. The van der Waals surface area contributed by atoms with E-state index in [-0.39, 0.29) is 37.5 Å². The van der Waals surface area contributed by atoms with Gasteiger partial charge in [0.15, 0.2) is 0 Å². The molecule has 0 aliphatic carbocycles. The van der Waals surface area contributed by atoms with Crippen molar-refractivity contribution in [2.45, 2.75) is 19.4 Å². The summed E-state index contributed by atoms with van der Waals surface area (Å²) in [6.07, 6.45) is 1.41. The zero-order valence-corrected chi connectivity index (χ0v) is 17.0. The standard InChI is InChI=1S/C21H24N4O3S/c1-16(13-17-7-3-2-4-8-17)23-21(28)15-25-19-10-6-5-9-18(19)24(29-25)14-20(27)22-11-12-26/h2-10,12,16H,11,13-15H2,1H3,(H,22,27)(H,23,28). The number of para-hydroxylation sites is 2. The van der Waals surface area contributed by atoms with Crippen LogP contribution in [0, 0.1) is 0 Å². The molecule has 0 radical (unpaired) electrons. The summed E-state index contributed by atoms with van der Waals surface area (Å²) < 4.78 is 3.68. The Morgan fingerprint density at radius 1 is 0.966 bits per heavy atom. The fourth-order valence-corrected chi connectivity index (χ4v) is 4.21. The Bertz CT molecular complexity index is 862. The van der Waals surface area contributed by atoms with Crippen LogP contribution in [-0.4, -0.2) is 43.8 Å². The van der Waals surface area contributed by atoms with E-state index in [0.29, 0.717) is 6.29 Å². The van der Waals surface area contributed by atoms with Crippen LogP contribution in [-0.2, 0) is 20.8 Å². The van der Waals surface area contributed by atoms with E-state index in [1.54, 1.807) is 0 Å². The third-order valence-electron chi connectivity index (χ3n) is 4.37. The van der Waals surface area contributed by atoms with Crippen molar-refractivity contribution in [3.63, 3.8) is 0 Å². The van der Waals surface area contributed by atoms with E-state index in [9.17, 15) is 14.4 Å². The van der Waals surface area contributed by atoms with E-state index in [4.69, 9.17) is 0 Å². The SMILES string of the molecule is CC(Cc1ccccc1)NC(=O)CN1SN(CC(=O)NCC=O)c2ccccc21. The molecule has 1 aliphatic heterocycles. The molecule has 8 heteroatoms. The van der Waals surface area contributed by atoms with Gasteiger partial charge in [-0.15, -0.1) is 0 Å². The normalized spacial score (nSPS) is 13.6. The molecule has 2 N–H and O–H groups in total. The molecule has 2 aromatic carbocycles. The van der Waals surface area contributed by atoms with Crippen LogP contribution < -0.4 is 19.2 Å². The Kier molecular flexibility index (Phi) is 7.13. The lowest BCUT2D eigenvalue weighted by Gasteiger charge is -2.20. The lowest BCUT2D eigenvalue weighted by molar-refractivity contribution is -0.121. The van der Waals surface area contributed by atoms with E-state index >= 15 is 0 Å². The highest BCUT2D eigenvalue weighted by atomic mass is 32.2. The molecule has 0 saturated carbocycles. The molecule has 0 aromatic heterocycles. The van der Waals surface area contributed by atoms with Gasteiger partial charge in [-0.1, -0.05) is 42.5 Å². The van der Waals surface area contributed by atoms with Crippen LogP contribution in [0.15, 0.2) is 54.6 Å². The van der Waals surface area contributed by atoms with Gasteiger partial charge in [-0.25, -0.2) is 0 Å². The Labute approximate surface area is 174 Å². The zero-order chi connectivity index (χ0) is 20.6. The van der Waals surface area contributed by atoms with Crippen LogP contribution in [0.1, 0.15) is 12.5 Å². The molecule has 3 rings (SSSR count). The molecule has 1 atom stereocenters. The molecular formula is C21H24N4O3S. The van der Waals surface area contributed by atoms with Gasteiger partial charge in [0.05, 0.1) is 30.1 Å². The van der Waals surface area contributed by atoms with Crippen molar-refractivity contribution in [2.75, 3.05) is 28.2 Å². The summed E-state index contributed by atoms with van der Waals surface area (Å²) in [5.41, 5.74) is 2.92. The molecule has 0 saturated heterocycles. The van der Waals surface area contributed by atoms with Crippen molar-refractivity contribution < 1.29 is 14.4 Å². The smallest absolute Gasteiger partial charge is 0.241 e. The maximum Gasteiger partial charge on any atom is 0.241 e. The van der Waals surface area contributed by atoms with Crippen molar-refractivity contribution in [3.8, 4) is 0 Å². The van der Waals surface area contributed by atoms with Gasteiger partial charge in [-0.2, -0.15) is 0 Å². The third-order valence-corrected chi connectivity index (χ3v) is 5.41. The second-order valence-corrected chi connectivity index (χ2v) is 7.82. The molecule has 29 heavy (non-hydrogen) atoms. The molecule has 152 valence electrons. The van der Waals surface area contributed by atoms with Gasteiger partial charge in [0.1, 0.15) is 19.4 Å². The summed E-state index contributed by atoms with van der Waals surface area (Å²) >= 11 is 1.32. The summed E-state index contributed by atoms with van der Waals surface area (Å²) in [6.45, 7) is 2.25. The fraction of sp³-hybridized carbons (Fsp3) is 0.286. The highest BCUT2D eigenvalue weighted by Gasteiger charge is 2.30. The number of anilines is 2. The Morgan fingerprint density at radius 2 is 1.55 bits per heavy atom. The van der Waals surface area contributed by atoms with Gasteiger partial charge in [0.2, 0.25) is 11.8 Å². The molecular weight excluding hydrogens is 388 g/mol. The summed E-state index contributed by atoms with van der Waals surface area (Å²) in [5, 5.41) is 5.57. The number of carbonyl (C=O) groups is 3. The Balaban J connectivity index is 1.58. The van der Waals surface area contributed by atoms with E-state index in [1.165, 1.54) is 17.7 Å². The zero-order valence-electron chi connectivity index (χ0n) is 16.2. The molecule has 1 unspecified atom stereocenters. The van der Waals surface area contributed by atoms with Gasteiger partial charge in [0, 0.05) is 6.04 Å². The van der Waals surface area contributed by atoms with E-state index < -0.39 is 0 Å². The Morgan fingerprint density at radius 3 is 2.17 bits per heavy atom. The van der Waals surface area contributed by atoms with Crippen molar-refractivity contribution >= 4 is 41.6 Å². The van der Waals surface area contributed by atoms with Crippen LogP contribution in [0.5, 0.6) is 0 Å². The Hall–Kier alpha value is -3.00.